The number of rotatable bonds is 4. The molecule has 0 saturated heterocycles. The molecule has 1 spiro atoms. The van der Waals surface area contributed by atoms with E-state index in [0.29, 0.717) is 22.4 Å². The van der Waals surface area contributed by atoms with Crippen molar-refractivity contribution in [2.75, 3.05) is 12.0 Å². The molecule has 0 aromatic heterocycles. The van der Waals surface area contributed by atoms with Gasteiger partial charge in [0.2, 0.25) is 6.04 Å². The minimum Gasteiger partial charge on any atom is -0.496 e. The lowest BCUT2D eigenvalue weighted by Crippen LogP contribution is -2.62. The summed E-state index contributed by atoms with van der Waals surface area (Å²) in [4.78, 5) is 41.8. The summed E-state index contributed by atoms with van der Waals surface area (Å²) in [6.45, 7) is 5.06. The minimum atomic E-state index is -1.86. The van der Waals surface area contributed by atoms with Crippen LogP contribution in [0.15, 0.2) is 78.9 Å². The zero-order valence-electron chi connectivity index (χ0n) is 22.8. The van der Waals surface area contributed by atoms with Gasteiger partial charge in [-0.25, -0.2) is 9.69 Å². The Morgan fingerprint density at radius 3 is 2.30 bits per heavy atom. The number of carbonyl (C=O) groups excluding carboxylic acids is 2. The van der Waals surface area contributed by atoms with Gasteiger partial charge < -0.3 is 14.6 Å². The average molecular weight is 545 g/mol. The summed E-state index contributed by atoms with van der Waals surface area (Å²) < 4.78 is 11.2. The van der Waals surface area contributed by atoms with Crippen LogP contribution in [-0.4, -0.2) is 46.9 Å². The number of carbonyl (C=O) groups is 2. The number of ether oxygens (including phenoxy) is 2. The molecule has 2 aliphatic rings. The predicted octanol–water partition coefficient (Wildman–Crippen LogP) is 5.19. The van der Waals surface area contributed by atoms with Crippen molar-refractivity contribution in [1.29, 1.82) is 0 Å². The van der Waals surface area contributed by atoms with E-state index in [1.165, 1.54) is 7.11 Å². The number of nitro groups is 1. The van der Waals surface area contributed by atoms with Crippen LogP contribution in [0.3, 0.4) is 0 Å². The summed E-state index contributed by atoms with van der Waals surface area (Å²) >= 11 is 0. The van der Waals surface area contributed by atoms with E-state index in [1.54, 1.807) is 93.6 Å². The standard InChI is InChI=1S/C31H32N2O7/c1-30(2,3)40-29(36)32-23-16-10-9-15-22(23)31(28(32)35)25(34)18-21(19-12-6-5-7-13-19)27(33(37)38)26(31)20-14-8-11-17-24(20)39-4/h5-17,21,25-27,34H,18H2,1-4H3/t21-,25+,26-,27+,31+/m0/s1. The Morgan fingerprint density at radius 1 is 1.02 bits per heavy atom. The van der Waals surface area contributed by atoms with E-state index < -0.39 is 47.0 Å². The fourth-order valence-electron chi connectivity index (χ4n) is 6.47. The highest BCUT2D eigenvalue weighted by Gasteiger charge is 2.70. The molecule has 0 radical (unpaired) electrons. The van der Waals surface area contributed by atoms with E-state index in [0.717, 1.165) is 4.90 Å². The molecule has 9 heteroatoms. The largest absolute Gasteiger partial charge is 0.496 e. The normalized spacial score (nSPS) is 25.9. The molecule has 0 bridgehead atoms. The van der Waals surface area contributed by atoms with Crippen LogP contribution in [0.25, 0.3) is 0 Å². The van der Waals surface area contributed by atoms with E-state index in [-0.39, 0.29) is 17.0 Å². The first-order valence-electron chi connectivity index (χ1n) is 13.2. The minimum absolute atomic E-state index is 0.0659. The van der Waals surface area contributed by atoms with Gasteiger partial charge in [0.1, 0.15) is 16.8 Å². The Labute approximate surface area is 232 Å². The Morgan fingerprint density at radius 2 is 1.65 bits per heavy atom. The topological polar surface area (TPSA) is 119 Å². The van der Waals surface area contributed by atoms with E-state index >= 15 is 0 Å². The molecule has 1 N–H and O–H groups in total. The number of anilines is 1. The first-order valence-corrected chi connectivity index (χ1v) is 13.2. The highest BCUT2D eigenvalue weighted by molar-refractivity contribution is 6.22. The summed E-state index contributed by atoms with van der Waals surface area (Å²) in [5, 5.41) is 25.1. The maximum absolute atomic E-state index is 14.7. The lowest BCUT2D eigenvalue weighted by atomic mass is 9.54. The zero-order chi connectivity index (χ0) is 28.8. The highest BCUT2D eigenvalue weighted by atomic mass is 16.6. The van der Waals surface area contributed by atoms with Crippen molar-refractivity contribution >= 4 is 17.7 Å². The number of aliphatic hydroxyl groups excluding tert-OH is 1. The summed E-state index contributed by atoms with van der Waals surface area (Å²) in [5.41, 5.74) is -1.10. The molecule has 1 saturated carbocycles. The van der Waals surface area contributed by atoms with Crippen LogP contribution in [0, 0.1) is 10.1 Å². The predicted molar refractivity (Wildman–Crippen MR) is 148 cm³/mol. The van der Waals surface area contributed by atoms with Gasteiger partial charge in [-0.2, -0.15) is 0 Å². The van der Waals surface area contributed by atoms with E-state index in [2.05, 4.69) is 0 Å². The molecule has 1 aliphatic heterocycles. The first kappa shape index (κ1) is 27.3. The maximum atomic E-state index is 14.7. The van der Waals surface area contributed by atoms with Crippen LogP contribution in [0.1, 0.15) is 55.7 Å². The number of benzene rings is 3. The van der Waals surface area contributed by atoms with Crippen molar-refractivity contribution in [3.05, 3.63) is 106 Å². The molecule has 208 valence electrons. The average Bonchev–Trinajstić information content (AvgIpc) is 3.18. The highest BCUT2D eigenvalue weighted by Crippen LogP contribution is 2.60. The Hall–Kier alpha value is -4.24. The van der Waals surface area contributed by atoms with Crippen LogP contribution >= 0.6 is 0 Å². The number of aliphatic hydroxyl groups is 1. The monoisotopic (exact) mass is 544 g/mol. The number of hydrogen-bond acceptors (Lipinski definition) is 7. The van der Waals surface area contributed by atoms with E-state index in [9.17, 15) is 24.8 Å². The van der Waals surface area contributed by atoms with Gasteiger partial charge in [0.25, 0.3) is 5.91 Å². The second-order valence-electron chi connectivity index (χ2n) is 11.3. The SMILES string of the molecule is COc1ccccc1[C@H]1[C@H]([N+](=O)[O-])[C@H](c2ccccc2)C[C@@H](O)[C@@]12C(=O)N(C(=O)OC(C)(C)C)c1ccccc12. The fourth-order valence-corrected chi connectivity index (χ4v) is 6.47. The Bertz CT molecular complexity index is 1450. The molecule has 5 atom stereocenters. The first-order chi connectivity index (χ1) is 19.0. The van der Waals surface area contributed by atoms with Gasteiger partial charge in [-0.15, -0.1) is 0 Å². The van der Waals surface area contributed by atoms with Gasteiger partial charge in [0.05, 0.1) is 30.7 Å². The van der Waals surface area contributed by atoms with Gasteiger partial charge in [0, 0.05) is 10.5 Å². The molecule has 9 nitrogen and oxygen atoms in total. The number of nitrogens with zero attached hydrogens (tertiary/aromatic N) is 2. The van der Waals surface area contributed by atoms with Gasteiger partial charge in [-0.3, -0.25) is 14.9 Å². The molecule has 1 heterocycles. The quantitative estimate of drug-likeness (QED) is 0.354. The van der Waals surface area contributed by atoms with Crippen LogP contribution in [-0.2, 0) is 14.9 Å². The molecular formula is C31H32N2O7. The van der Waals surface area contributed by atoms with Gasteiger partial charge >= 0.3 is 6.09 Å². The molecule has 1 fully saturated rings. The molecule has 40 heavy (non-hydrogen) atoms. The molecule has 0 unspecified atom stereocenters. The summed E-state index contributed by atoms with van der Waals surface area (Å²) in [6, 6.07) is 21.1. The maximum Gasteiger partial charge on any atom is 0.421 e. The number of imide groups is 1. The van der Waals surface area contributed by atoms with Gasteiger partial charge in [-0.05, 0) is 50.5 Å². The molecule has 2 amide bonds. The fraction of sp³-hybridized carbons (Fsp3) is 0.355. The second kappa shape index (κ2) is 10.1. The Balaban J connectivity index is 1.81. The lowest BCUT2D eigenvalue weighted by molar-refractivity contribution is -0.537. The number of methoxy groups -OCH3 is 1. The second-order valence-corrected chi connectivity index (χ2v) is 11.3. The third kappa shape index (κ3) is 4.21. The summed E-state index contributed by atoms with van der Waals surface area (Å²) in [7, 11) is 1.46. The van der Waals surface area contributed by atoms with Gasteiger partial charge in [0.15, 0.2) is 0 Å². The van der Waals surface area contributed by atoms with Crippen LogP contribution in [0.4, 0.5) is 10.5 Å². The van der Waals surface area contributed by atoms with E-state index in [4.69, 9.17) is 9.47 Å². The van der Waals surface area contributed by atoms with Crippen LogP contribution in [0.2, 0.25) is 0 Å². The van der Waals surface area contributed by atoms with Crippen molar-refractivity contribution in [2.45, 2.75) is 62.2 Å². The lowest BCUT2D eigenvalue weighted by Gasteiger charge is -2.48. The Kier molecular flexibility index (Phi) is 6.87. The van der Waals surface area contributed by atoms with Crippen molar-refractivity contribution in [3.8, 4) is 5.75 Å². The molecule has 1 aliphatic carbocycles. The van der Waals surface area contributed by atoms with Crippen molar-refractivity contribution < 1.29 is 29.1 Å². The number of amides is 2. The third-order valence-corrected chi connectivity index (χ3v) is 7.92. The molecule has 5 rings (SSSR count). The molecular weight excluding hydrogens is 512 g/mol. The number of para-hydroxylation sites is 2. The molecule has 3 aromatic rings. The zero-order valence-corrected chi connectivity index (χ0v) is 22.8. The molecule has 3 aromatic carbocycles. The summed E-state index contributed by atoms with van der Waals surface area (Å²) in [5.74, 6) is -2.32. The van der Waals surface area contributed by atoms with Crippen molar-refractivity contribution in [3.63, 3.8) is 0 Å². The summed E-state index contributed by atoms with van der Waals surface area (Å²) in [6.07, 6.45) is -2.34. The van der Waals surface area contributed by atoms with Crippen LogP contribution in [0.5, 0.6) is 5.75 Å². The van der Waals surface area contributed by atoms with Crippen LogP contribution < -0.4 is 9.64 Å². The number of hydrogen-bond donors (Lipinski definition) is 1. The smallest absolute Gasteiger partial charge is 0.421 e. The van der Waals surface area contributed by atoms with Crippen molar-refractivity contribution in [2.24, 2.45) is 0 Å². The van der Waals surface area contributed by atoms with Gasteiger partial charge in [-0.1, -0.05) is 66.7 Å². The third-order valence-electron chi connectivity index (χ3n) is 7.92. The van der Waals surface area contributed by atoms with E-state index in [1.807, 2.05) is 6.07 Å². The number of fused-ring (bicyclic) bond motifs is 2. The van der Waals surface area contributed by atoms with Crippen molar-refractivity contribution in [1.82, 2.24) is 0 Å².